The molecule has 0 aliphatic rings. The van der Waals surface area contributed by atoms with Gasteiger partial charge in [0.15, 0.2) is 18.2 Å². The molecule has 0 bridgehead atoms. The van der Waals surface area contributed by atoms with Crippen LogP contribution < -0.4 is 27.3 Å². The molecule has 2 heterocycles. The molecule has 100 valence electrons. The fourth-order valence-corrected chi connectivity index (χ4v) is 2.24. The average Bonchev–Trinajstić information content (AvgIpc) is 2.92. The summed E-state index contributed by atoms with van der Waals surface area (Å²) in [5, 5.41) is 1.87. The van der Waals surface area contributed by atoms with E-state index in [0.717, 1.165) is 4.88 Å². The summed E-state index contributed by atoms with van der Waals surface area (Å²) in [7, 11) is 0. The van der Waals surface area contributed by atoms with Crippen molar-refractivity contribution >= 4 is 22.9 Å². The van der Waals surface area contributed by atoms with Crippen LogP contribution in [0.25, 0.3) is 0 Å². The van der Waals surface area contributed by atoms with E-state index in [4.69, 9.17) is 5.73 Å². The average molecular weight is 341 g/mol. The minimum absolute atomic E-state index is 0. The van der Waals surface area contributed by atoms with E-state index in [1.165, 1.54) is 11.3 Å². The molecule has 2 aromatic heterocycles. The van der Waals surface area contributed by atoms with Crippen LogP contribution in [0.15, 0.2) is 42.0 Å². The van der Waals surface area contributed by atoms with E-state index >= 15 is 0 Å². The molecule has 0 saturated heterocycles. The first-order valence-corrected chi connectivity index (χ1v) is 6.38. The quantitative estimate of drug-likeness (QED) is 0.509. The molecule has 4 nitrogen and oxygen atoms in total. The number of rotatable bonds is 5. The van der Waals surface area contributed by atoms with E-state index in [2.05, 4.69) is 0 Å². The van der Waals surface area contributed by atoms with Crippen molar-refractivity contribution in [2.24, 2.45) is 5.73 Å². The Hall–Kier alpha value is -1.37. The molecular formula is C13H13BrN2O2S. The largest absolute Gasteiger partial charge is 1.00 e. The van der Waals surface area contributed by atoms with Crippen molar-refractivity contribution in [3.05, 3.63) is 52.5 Å². The molecule has 0 unspecified atom stereocenters. The lowest BCUT2D eigenvalue weighted by molar-refractivity contribution is -0.683. The van der Waals surface area contributed by atoms with E-state index in [-0.39, 0.29) is 41.6 Å². The third kappa shape index (κ3) is 4.05. The van der Waals surface area contributed by atoms with Gasteiger partial charge in [-0.05, 0) is 17.5 Å². The zero-order valence-corrected chi connectivity index (χ0v) is 12.5. The number of carbonyl (C=O) groups is 2. The van der Waals surface area contributed by atoms with Gasteiger partial charge in [-0.3, -0.25) is 9.59 Å². The SMILES string of the molecule is NCC(=O)c1ccc[n+](CC(=O)c2cccs2)c1.[Br-]. The predicted octanol–water partition coefficient (Wildman–Crippen LogP) is -1.94. The van der Waals surface area contributed by atoms with E-state index in [1.54, 1.807) is 35.2 Å². The van der Waals surface area contributed by atoms with Crippen LogP contribution in [-0.4, -0.2) is 18.1 Å². The Labute approximate surface area is 125 Å². The molecule has 6 heteroatoms. The highest BCUT2D eigenvalue weighted by Crippen LogP contribution is 2.09. The Morgan fingerprint density at radius 2 is 2.00 bits per heavy atom. The van der Waals surface area contributed by atoms with Crippen molar-refractivity contribution in [2.45, 2.75) is 6.54 Å². The van der Waals surface area contributed by atoms with Crippen molar-refractivity contribution < 1.29 is 31.1 Å². The monoisotopic (exact) mass is 340 g/mol. The summed E-state index contributed by atoms with van der Waals surface area (Å²) in [5.41, 5.74) is 5.84. The molecule has 0 saturated carbocycles. The zero-order chi connectivity index (χ0) is 13.0. The number of thiophene rings is 1. The number of pyridine rings is 1. The first-order chi connectivity index (χ1) is 8.70. The molecule has 0 aromatic carbocycles. The highest BCUT2D eigenvalue weighted by molar-refractivity contribution is 7.12. The Morgan fingerprint density at radius 3 is 2.63 bits per heavy atom. The molecule has 2 aromatic rings. The maximum absolute atomic E-state index is 11.9. The lowest BCUT2D eigenvalue weighted by Crippen LogP contribution is -3.00. The lowest BCUT2D eigenvalue weighted by atomic mass is 10.2. The van der Waals surface area contributed by atoms with Gasteiger partial charge in [-0.1, -0.05) is 6.07 Å². The molecule has 0 radical (unpaired) electrons. The third-order valence-electron chi connectivity index (χ3n) is 2.49. The molecule has 19 heavy (non-hydrogen) atoms. The smallest absolute Gasteiger partial charge is 0.237 e. The first kappa shape index (κ1) is 15.7. The summed E-state index contributed by atoms with van der Waals surface area (Å²) < 4.78 is 1.70. The first-order valence-electron chi connectivity index (χ1n) is 5.50. The van der Waals surface area contributed by atoms with Crippen LogP contribution in [-0.2, 0) is 6.54 Å². The van der Waals surface area contributed by atoms with Gasteiger partial charge in [-0.25, -0.2) is 0 Å². The van der Waals surface area contributed by atoms with Crippen LogP contribution in [0.3, 0.4) is 0 Å². The second kappa shape index (κ2) is 7.28. The third-order valence-corrected chi connectivity index (χ3v) is 3.40. The van der Waals surface area contributed by atoms with Gasteiger partial charge >= 0.3 is 0 Å². The number of aromatic nitrogens is 1. The Morgan fingerprint density at radius 1 is 1.21 bits per heavy atom. The Bertz CT molecular complexity index is 570. The van der Waals surface area contributed by atoms with Crippen LogP contribution in [0.5, 0.6) is 0 Å². The van der Waals surface area contributed by atoms with Gasteiger partial charge in [0.25, 0.3) is 0 Å². The number of nitrogens with zero attached hydrogens (tertiary/aromatic N) is 1. The van der Waals surface area contributed by atoms with Crippen molar-refractivity contribution in [2.75, 3.05) is 6.54 Å². The van der Waals surface area contributed by atoms with Crippen LogP contribution >= 0.6 is 11.3 Å². The summed E-state index contributed by atoms with van der Waals surface area (Å²) >= 11 is 1.42. The molecule has 2 N–H and O–H groups in total. The van der Waals surface area contributed by atoms with Gasteiger partial charge in [0.05, 0.1) is 17.0 Å². The molecule has 0 spiro atoms. The molecule has 0 fully saturated rings. The van der Waals surface area contributed by atoms with Crippen molar-refractivity contribution in [3.8, 4) is 0 Å². The number of hydrogen-bond acceptors (Lipinski definition) is 4. The van der Waals surface area contributed by atoms with E-state index in [0.29, 0.717) is 5.56 Å². The van der Waals surface area contributed by atoms with Crippen molar-refractivity contribution in [1.82, 2.24) is 0 Å². The van der Waals surface area contributed by atoms with Gasteiger partial charge in [-0.2, -0.15) is 4.57 Å². The zero-order valence-electron chi connectivity index (χ0n) is 10.1. The standard InChI is InChI=1S/C13H13N2O2S.BrH/c14-7-11(16)10-3-1-5-15(8-10)9-12(17)13-4-2-6-18-13;/h1-6,8H,7,9,14H2;1H/q+1;/p-1. The fraction of sp³-hybridized carbons (Fsp3) is 0.154. The minimum Gasteiger partial charge on any atom is -1.00 e. The van der Waals surface area contributed by atoms with Gasteiger partial charge < -0.3 is 22.7 Å². The summed E-state index contributed by atoms with van der Waals surface area (Å²) in [6.45, 7) is 0.203. The van der Waals surface area contributed by atoms with Gasteiger partial charge in [-0.15, -0.1) is 11.3 Å². The van der Waals surface area contributed by atoms with Crippen LogP contribution in [0.2, 0.25) is 0 Å². The topological polar surface area (TPSA) is 64.0 Å². The van der Waals surface area contributed by atoms with Crippen molar-refractivity contribution in [1.29, 1.82) is 0 Å². The summed E-state index contributed by atoms with van der Waals surface area (Å²) in [6, 6.07) is 7.07. The number of nitrogens with two attached hydrogens (primary N) is 1. The molecule has 2 rings (SSSR count). The number of Topliss-reactive ketones (excluding diaryl/α,β-unsaturated/α-hetero) is 2. The summed E-state index contributed by atoms with van der Waals surface area (Å²) in [5.74, 6) is -0.0970. The second-order valence-corrected chi connectivity index (χ2v) is 4.74. The maximum Gasteiger partial charge on any atom is 0.237 e. The normalized spacial score (nSPS) is 9.74. The lowest BCUT2D eigenvalue weighted by Gasteiger charge is -1.98. The van der Waals surface area contributed by atoms with Gasteiger partial charge in [0.1, 0.15) is 0 Å². The van der Waals surface area contributed by atoms with E-state index in [9.17, 15) is 9.59 Å². The van der Waals surface area contributed by atoms with E-state index < -0.39 is 0 Å². The van der Waals surface area contributed by atoms with Crippen molar-refractivity contribution in [3.63, 3.8) is 0 Å². The predicted molar refractivity (Wildman–Crippen MR) is 68.7 cm³/mol. The Balaban J connectivity index is 0.00000180. The fourth-order valence-electron chi connectivity index (χ4n) is 1.58. The van der Waals surface area contributed by atoms with Crippen LogP contribution in [0, 0.1) is 0 Å². The Kier molecular flexibility index (Phi) is 6.01. The molecular weight excluding hydrogens is 328 g/mol. The maximum atomic E-state index is 11.9. The highest BCUT2D eigenvalue weighted by Gasteiger charge is 2.14. The molecule has 0 atom stereocenters. The van der Waals surface area contributed by atoms with Crippen LogP contribution in [0.4, 0.5) is 0 Å². The molecule has 0 aliphatic carbocycles. The number of halogens is 1. The summed E-state index contributed by atoms with van der Waals surface area (Å²) in [6.07, 6.45) is 3.42. The van der Waals surface area contributed by atoms with E-state index in [1.807, 2.05) is 11.4 Å². The second-order valence-electron chi connectivity index (χ2n) is 3.79. The summed E-state index contributed by atoms with van der Waals surface area (Å²) in [4.78, 5) is 24.1. The highest BCUT2D eigenvalue weighted by atomic mass is 79.9. The van der Waals surface area contributed by atoms with Gasteiger partial charge in [0, 0.05) is 6.07 Å². The molecule has 0 amide bonds. The number of hydrogen-bond donors (Lipinski definition) is 1. The molecule has 0 aliphatic heterocycles. The number of ketones is 2. The number of carbonyl (C=O) groups excluding carboxylic acids is 2. The van der Waals surface area contributed by atoms with Crippen LogP contribution in [0.1, 0.15) is 20.0 Å². The minimum atomic E-state index is -0.132. The van der Waals surface area contributed by atoms with Gasteiger partial charge in [0.2, 0.25) is 12.3 Å².